The highest BCUT2D eigenvalue weighted by molar-refractivity contribution is 5.82. The number of nitrogens with two attached hydrogens (primary N) is 1. The van der Waals surface area contributed by atoms with Gasteiger partial charge in [0.05, 0.1) is 12.0 Å². The molecule has 0 atom stereocenters. The molecule has 5 heteroatoms. The number of aryl methyl sites for hydroxylation is 1. The maximum Gasteiger partial charge on any atom is 0.0963 e. The van der Waals surface area contributed by atoms with Crippen LogP contribution in [-0.2, 0) is 13.6 Å². The van der Waals surface area contributed by atoms with Crippen LogP contribution < -0.4 is 5.73 Å². The summed E-state index contributed by atoms with van der Waals surface area (Å²) in [5.74, 6) is 0.288. The van der Waals surface area contributed by atoms with E-state index in [2.05, 4.69) is 23.2 Å². The molecule has 5 nitrogen and oxygen atoms in total. The number of amidine groups is 1. The van der Waals surface area contributed by atoms with Gasteiger partial charge in [-0.3, -0.25) is 10.1 Å². The molecular formula is C14H27N5. The molecule has 0 aliphatic heterocycles. The van der Waals surface area contributed by atoms with E-state index in [9.17, 15) is 0 Å². The van der Waals surface area contributed by atoms with E-state index in [1.165, 1.54) is 5.56 Å². The van der Waals surface area contributed by atoms with Crippen LogP contribution in [0.4, 0.5) is 0 Å². The monoisotopic (exact) mass is 265 g/mol. The van der Waals surface area contributed by atoms with Gasteiger partial charge in [0.25, 0.3) is 0 Å². The zero-order chi connectivity index (χ0) is 14.5. The molecule has 0 bridgehead atoms. The number of hydrogen-bond acceptors (Lipinski definition) is 3. The van der Waals surface area contributed by atoms with E-state index in [1.807, 2.05) is 31.8 Å². The lowest BCUT2D eigenvalue weighted by Gasteiger charge is -2.23. The summed E-state index contributed by atoms with van der Waals surface area (Å²) in [5.41, 5.74) is 6.66. The molecule has 108 valence electrons. The van der Waals surface area contributed by atoms with Crippen molar-refractivity contribution in [3.05, 3.63) is 18.0 Å². The van der Waals surface area contributed by atoms with Crippen LogP contribution in [-0.4, -0.2) is 34.1 Å². The number of nitrogens with one attached hydrogen (secondary N) is 1. The van der Waals surface area contributed by atoms with E-state index in [0.29, 0.717) is 0 Å². The van der Waals surface area contributed by atoms with Crippen molar-refractivity contribution in [3.63, 3.8) is 0 Å². The van der Waals surface area contributed by atoms with Gasteiger partial charge in [0.1, 0.15) is 0 Å². The van der Waals surface area contributed by atoms with Crippen LogP contribution >= 0.6 is 0 Å². The Kier molecular flexibility index (Phi) is 5.54. The van der Waals surface area contributed by atoms with Crippen molar-refractivity contribution >= 4 is 5.84 Å². The molecule has 0 unspecified atom stereocenters. The van der Waals surface area contributed by atoms with Crippen LogP contribution in [0.1, 0.15) is 38.7 Å². The number of aromatic nitrogens is 2. The minimum atomic E-state index is -0.165. The molecule has 19 heavy (non-hydrogen) atoms. The minimum Gasteiger partial charge on any atom is -0.387 e. The summed E-state index contributed by atoms with van der Waals surface area (Å²) >= 11 is 0. The molecule has 0 aliphatic rings. The SMILES string of the molecule is CN(CCCCC(C)(C)C(=N)N)Cc1cnn(C)c1. The van der Waals surface area contributed by atoms with Gasteiger partial charge < -0.3 is 10.6 Å². The highest BCUT2D eigenvalue weighted by atomic mass is 15.2. The Morgan fingerprint density at radius 1 is 1.47 bits per heavy atom. The fraction of sp³-hybridized carbons (Fsp3) is 0.714. The van der Waals surface area contributed by atoms with Crippen molar-refractivity contribution in [2.45, 2.75) is 39.7 Å². The molecule has 0 aromatic carbocycles. The Labute approximate surface area is 116 Å². The topological polar surface area (TPSA) is 70.9 Å². The highest BCUT2D eigenvalue weighted by Gasteiger charge is 2.20. The maximum absolute atomic E-state index is 7.53. The first kappa shape index (κ1) is 15.7. The van der Waals surface area contributed by atoms with Crippen LogP contribution in [0.25, 0.3) is 0 Å². The third-order valence-electron chi connectivity index (χ3n) is 3.53. The predicted molar refractivity (Wildman–Crippen MR) is 79.1 cm³/mol. The highest BCUT2D eigenvalue weighted by Crippen LogP contribution is 2.22. The largest absolute Gasteiger partial charge is 0.387 e. The normalized spacial score (nSPS) is 12.1. The van der Waals surface area contributed by atoms with Crippen molar-refractivity contribution < 1.29 is 0 Å². The number of rotatable bonds is 8. The molecule has 1 heterocycles. The molecule has 0 saturated carbocycles. The average Bonchev–Trinajstić information content (AvgIpc) is 2.70. The summed E-state index contributed by atoms with van der Waals surface area (Å²) in [6, 6.07) is 0. The molecule has 1 rings (SSSR count). The smallest absolute Gasteiger partial charge is 0.0963 e. The van der Waals surface area contributed by atoms with Gasteiger partial charge in [-0.25, -0.2) is 0 Å². The Morgan fingerprint density at radius 2 is 2.16 bits per heavy atom. The second-order valence-corrected chi connectivity index (χ2v) is 6.01. The lowest BCUT2D eigenvalue weighted by molar-refractivity contribution is 0.308. The third-order valence-corrected chi connectivity index (χ3v) is 3.53. The maximum atomic E-state index is 7.53. The molecule has 1 aromatic heterocycles. The first-order chi connectivity index (χ1) is 8.81. The predicted octanol–water partition coefficient (Wildman–Crippen LogP) is 1.98. The molecule has 0 amide bonds. The first-order valence-electron chi connectivity index (χ1n) is 6.82. The first-order valence-corrected chi connectivity index (χ1v) is 6.82. The van der Waals surface area contributed by atoms with Gasteiger partial charge in [0, 0.05) is 30.8 Å². The van der Waals surface area contributed by atoms with Crippen molar-refractivity contribution in [2.24, 2.45) is 18.2 Å². The van der Waals surface area contributed by atoms with Crippen molar-refractivity contribution in [3.8, 4) is 0 Å². The van der Waals surface area contributed by atoms with Crippen LogP contribution in [0.2, 0.25) is 0 Å². The quantitative estimate of drug-likeness (QED) is 0.429. The van der Waals surface area contributed by atoms with Gasteiger partial charge in [0.15, 0.2) is 0 Å². The van der Waals surface area contributed by atoms with E-state index >= 15 is 0 Å². The molecular weight excluding hydrogens is 238 g/mol. The Morgan fingerprint density at radius 3 is 2.68 bits per heavy atom. The lowest BCUT2D eigenvalue weighted by Crippen LogP contribution is -2.31. The van der Waals surface area contributed by atoms with Crippen molar-refractivity contribution in [2.75, 3.05) is 13.6 Å². The average molecular weight is 265 g/mol. The van der Waals surface area contributed by atoms with E-state index in [0.717, 1.165) is 32.4 Å². The lowest BCUT2D eigenvalue weighted by atomic mass is 9.86. The zero-order valence-corrected chi connectivity index (χ0v) is 12.6. The number of hydrogen-bond donors (Lipinski definition) is 2. The Hall–Kier alpha value is -1.36. The summed E-state index contributed by atoms with van der Waals surface area (Å²) < 4.78 is 1.83. The van der Waals surface area contributed by atoms with Gasteiger partial charge in [-0.1, -0.05) is 20.3 Å². The summed E-state index contributed by atoms with van der Waals surface area (Å²) in [7, 11) is 4.07. The fourth-order valence-corrected chi connectivity index (χ4v) is 2.03. The van der Waals surface area contributed by atoms with Crippen LogP contribution in [0.3, 0.4) is 0 Å². The van der Waals surface area contributed by atoms with E-state index < -0.39 is 0 Å². The van der Waals surface area contributed by atoms with Gasteiger partial charge in [0.2, 0.25) is 0 Å². The van der Waals surface area contributed by atoms with E-state index in [-0.39, 0.29) is 11.3 Å². The van der Waals surface area contributed by atoms with Crippen LogP contribution in [0.15, 0.2) is 12.4 Å². The van der Waals surface area contributed by atoms with Crippen molar-refractivity contribution in [1.29, 1.82) is 5.41 Å². The Bertz CT molecular complexity index is 408. The minimum absolute atomic E-state index is 0.165. The summed E-state index contributed by atoms with van der Waals surface area (Å²) in [6.45, 7) is 6.07. The van der Waals surface area contributed by atoms with Crippen LogP contribution in [0, 0.1) is 10.8 Å². The second kappa shape index (κ2) is 6.70. The van der Waals surface area contributed by atoms with E-state index in [4.69, 9.17) is 11.1 Å². The molecule has 0 aliphatic carbocycles. The zero-order valence-electron chi connectivity index (χ0n) is 12.6. The van der Waals surface area contributed by atoms with Gasteiger partial charge >= 0.3 is 0 Å². The Balaban J connectivity index is 2.21. The number of unbranched alkanes of at least 4 members (excludes halogenated alkanes) is 1. The summed E-state index contributed by atoms with van der Waals surface area (Å²) in [4.78, 5) is 2.30. The second-order valence-electron chi connectivity index (χ2n) is 6.01. The molecule has 1 aromatic rings. The van der Waals surface area contributed by atoms with Crippen LogP contribution in [0.5, 0.6) is 0 Å². The molecule has 0 saturated heterocycles. The molecule has 3 N–H and O–H groups in total. The van der Waals surface area contributed by atoms with Crippen molar-refractivity contribution in [1.82, 2.24) is 14.7 Å². The number of nitrogens with zero attached hydrogens (tertiary/aromatic N) is 3. The van der Waals surface area contributed by atoms with Gasteiger partial charge in [-0.2, -0.15) is 5.10 Å². The summed E-state index contributed by atoms with van der Waals surface area (Å²) in [5, 5.41) is 11.7. The molecule has 0 spiro atoms. The summed E-state index contributed by atoms with van der Waals surface area (Å²) in [6.07, 6.45) is 7.17. The molecule has 0 fully saturated rings. The van der Waals surface area contributed by atoms with Gasteiger partial charge in [-0.15, -0.1) is 0 Å². The van der Waals surface area contributed by atoms with Gasteiger partial charge in [-0.05, 0) is 26.4 Å². The third kappa shape index (κ3) is 5.42. The fourth-order valence-electron chi connectivity index (χ4n) is 2.03. The standard InChI is InChI=1S/C14H27N5/c1-14(2,13(15)16)7-5-6-8-18(3)10-12-9-17-19(4)11-12/h9,11H,5-8,10H2,1-4H3,(H3,15,16). The molecule has 0 radical (unpaired) electrons. The van der Waals surface area contributed by atoms with E-state index in [1.54, 1.807) is 0 Å².